The lowest BCUT2D eigenvalue weighted by Crippen LogP contribution is -2.56. The van der Waals surface area contributed by atoms with Gasteiger partial charge in [0.2, 0.25) is 0 Å². The zero-order chi connectivity index (χ0) is 30.1. The third-order valence-corrected chi connectivity index (χ3v) is 9.11. The molecule has 7 rings (SSSR count). The highest BCUT2D eigenvalue weighted by atomic mass is 16.5. The van der Waals surface area contributed by atoms with E-state index in [2.05, 4.69) is 50.4 Å². The van der Waals surface area contributed by atoms with Gasteiger partial charge in [0.05, 0.1) is 24.8 Å². The Kier molecular flexibility index (Phi) is 7.80. The second-order valence-electron chi connectivity index (χ2n) is 12.1. The van der Waals surface area contributed by atoms with Crippen LogP contribution < -0.4 is 15.0 Å². The fourth-order valence-electron chi connectivity index (χ4n) is 6.09. The van der Waals surface area contributed by atoms with Crippen LogP contribution in [0.4, 0.5) is 17.2 Å². The van der Waals surface area contributed by atoms with Gasteiger partial charge in [-0.1, -0.05) is 0 Å². The van der Waals surface area contributed by atoms with Crippen molar-refractivity contribution in [1.29, 1.82) is 5.26 Å². The fourth-order valence-corrected chi connectivity index (χ4v) is 6.09. The lowest BCUT2D eigenvalue weighted by Gasteiger charge is -2.43. The number of aliphatic hydroxyl groups is 1. The molecule has 2 N–H and O–H groups in total. The molecule has 3 aliphatic heterocycles. The number of carbonyl (C=O) groups is 1. The SMILES string of the molecule is N#Cc1cc(-c2nccc(Nc3ccc(N4CCN(C5COC5)CC4)cc3)n2)ccc1OC1CCN(C(=O)C2(O)CC2)CC1. The van der Waals surface area contributed by atoms with Gasteiger partial charge in [0.1, 0.15) is 29.3 Å². The van der Waals surface area contributed by atoms with Crippen LogP contribution in [0.15, 0.2) is 54.7 Å². The van der Waals surface area contributed by atoms with Crippen molar-refractivity contribution in [2.45, 2.75) is 43.4 Å². The van der Waals surface area contributed by atoms with Gasteiger partial charge in [-0.2, -0.15) is 5.26 Å². The number of aromatic nitrogens is 2. The van der Waals surface area contributed by atoms with Crippen molar-refractivity contribution in [3.63, 3.8) is 0 Å². The van der Waals surface area contributed by atoms with E-state index in [1.807, 2.05) is 12.1 Å². The minimum absolute atomic E-state index is 0.104. The van der Waals surface area contributed by atoms with Gasteiger partial charge in [0.25, 0.3) is 5.91 Å². The molecule has 44 heavy (non-hydrogen) atoms. The Morgan fingerprint density at radius 2 is 1.77 bits per heavy atom. The molecule has 1 saturated carbocycles. The normalized spacial score (nSPS) is 20.5. The number of nitrogens with zero attached hydrogens (tertiary/aromatic N) is 6. The molecule has 228 valence electrons. The van der Waals surface area contributed by atoms with Crippen LogP contribution in [0, 0.1) is 11.3 Å². The van der Waals surface area contributed by atoms with Gasteiger partial charge in [-0.15, -0.1) is 0 Å². The van der Waals surface area contributed by atoms with Crippen molar-refractivity contribution >= 4 is 23.1 Å². The summed E-state index contributed by atoms with van der Waals surface area (Å²) in [5.41, 5.74) is 2.14. The summed E-state index contributed by atoms with van der Waals surface area (Å²) in [5, 5.41) is 23.4. The third-order valence-electron chi connectivity index (χ3n) is 9.11. The van der Waals surface area contributed by atoms with Crippen molar-refractivity contribution in [3.05, 3.63) is 60.3 Å². The number of carbonyl (C=O) groups excluding carboxylic acids is 1. The maximum absolute atomic E-state index is 12.4. The molecule has 2 aromatic carbocycles. The molecule has 4 aliphatic rings. The van der Waals surface area contributed by atoms with Crippen LogP contribution in [0.1, 0.15) is 31.2 Å². The molecule has 0 bridgehead atoms. The van der Waals surface area contributed by atoms with Gasteiger partial charge in [-0.05, 0) is 61.4 Å². The minimum Gasteiger partial charge on any atom is -0.489 e. The van der Waals surface area contributed by atoms with Gasteiger partial charge in [-0.3, -0.25) is 9.69 Å². The van der Waals surface area contributed by atoms with E-state index in [0.717, 1.165) is 50.6 Å². The highest BCUT2D eigenvalue weighted by Crippen LogP contribution is 2.38. The summed E-state index contributed by atoms with van der Waals surface area (Å²) in [5.74, 6) is 1.51. The number of likely N-dealkylation sites (tertiary alicyclic amines) is 1. The second kappa shape index (κ2) is 12.0. The van der Waals surface area contributed by atoms with Gasteiger partial charge in [0.15, 0.2) is 5.82 Å². The Morgan fingerprint density at radius 3 is 2.43 bits per heavy atom. The predicted octanol–water partition coefficient (Wildman–Crippen LogP) is 3.17. The Bertz CT molecular complexity index is 1530. The van der Waals surface area contributed by atoms with E-state index in [0.29, 0.717) is 67.8 Å². The van der Waals surface area contributed by atoms with Crippen LogP contribution in [0.2, 0.25) is 0 Å². The van der Waals surface area contributed by atoms with Crippen molar-refractivity contribution < 1.29 is 19.4 Å². The van der Waals surface area contributed by atoms with E-state index in [-0.39, 0.29) is 12.0 Å². The van der Waals surface area contributed by atoms with Crippen molar-refractivity contribution in [3.8, 4) is 23.2 Å². The summed E-state index contributed by atoms with van der Waals surface area (Å²) in [6, 6.07) is 18.5. The van der Waals surface area contributed by atoms with Crippen LogP contribution in [0.25, 0.3) is 11.4 Å². The Morgan fingerprint density at radius 1 is 1.02 bits per heavy atom. The van der Waals surface area contributed by atoms with E-state index in [1.165, 1.54) is 5.69 Å². The van der Waals surface area contributed by atoms with Crippen LogP contribution in [0.3, 0.4) is 0 Å². The predicted molar refractivity (Wildman–Crippen MR) is 165 cm³/mol. The first-order valence-electron chi connectivity index (χ1n) is 15.5. The smallest absolute Gasteiger partial charge is 0.254 e. The first-order chi connectivity index (χ1) is 21.5. The molecule has 1 aromatic heterocycles. The van der Waals surface area contributed by atoms with Gasteiger partial charge in [0, 0.05) is 75.2 Å². The summed E-state index contributed by atoms with van der Waals surface area (Å²) in [7, 11) is 0. The lowest BCUT2D eigenvalue weighted by atomic mass is 10.1. The number of nitrogens with one attached hydrogen (secondary N) is 1. The Labute approximate surface area is 257 Å². The number of piperazine rings is 1. The van der Waals surface area contributed by atoms with Gasteiger partial charge < -0.3 is 29.7 Å². The largest absolute Gasteiger partial charge is 0.489 e. The summed E-state index contributed by atoms with van der Waals surface area (Å²) in [6.45, 7) is 6.95. The van der Waals surface area contributed by atoms with Gasteiger partial charge >= 0.3 is 0 Å². The summed E-state index contributed by atoms with van der Waals surface area (Å²) in [4.78, 5) is 28.3. The second-order valence-corrected chi connectivity index (χ2v) is 12.1. The molecule has 1 amide bonds. The summed E-state index contributed by atoms with van der Waals surface area (Å²) < 4.78 is 11.5. The molecule has 0 radical (unpaired) electrons. The molecular formula is C33H37N7O4. The molecule has 11 nitrogen and oxygen atoms in total. The number of nitriles is 1. The number of rotatable bonds is 8. The topological polar surface area (TPSA) is 127 Å². The van der Waals surface area contributed by atoms with E-state index in [1.54, 1.807) is 23.2 Å². The molecule has 3 aromatic rings. The average molecular weight is 596 g/mol. The molecule has 1 aliphatic carbocycles. The number of ether oxygens (including phenoxy) is 2. The van der Waals surface area contributed by atoms with Crippen LogP contribution in [0.5, 0.6) is 5.75 Å². The number of amides is 1. The number of hydrogen-bond acceptors (Lipinski definition) is 10. The highest BCUT2D eigenvalue weighted by molar-refractivity contribution is 5.87. The maximum atomic E-state index is 12.4. The van der Waals surface area contributed by atoms with Crippen LogP contribution >= 0.6 is 0 Å². The number of anilines is 3. The van der Waals surface area contributed by atoms with Crippen LogP contribution in [-0.4, -0.2) is 101 Å². The first-order valence-corrected chi connectivity index (χ1v) is 15.5. The highest BCUT2D eigenvalue weighted by Gasteiger charge is 2.50. The van der Waals surface area contributed by atoms with Crippen LogP contribution in [-0.2, 0) is 9.53 Å². The maximum Gasteiger partial charge on any atom is 0.254 e. The number of piperidine rings is 1. The molecule has 3 saturated heterocycles. The monoisotopic (exact) mass is 595 g/mol. The fraction of sp³-hybridized carbons (Fsp3) is 0.455. The molecule has 0 spiro atoms. The Balaban J connectivity index is 0.956. The number of hydrogen-bond donors (Lipinski definition) is 2. The molecule has 4 heterocycles. The van der Waals surface area contributed by atoms with Crippen molar-refractivity contribution in [1.82, 2.24) is 19.8 Å². The van der Waals surface area contributed by atoms with E-state index < -0.39 is 5.60 Å². The molecule has 11 heteroatoms. The lowest BCUT2D eigenvalue weighted by molar-refractivity contribution is -0.144. The van der Waals surface area contributed by atoms with E-state index in [9.17, 15) is 15.2 Å². The van der Waals surface area contributed by atoms with E-state index in [4.69, 9.17) is 14.5 Å². The standard InChI is InChI=1S/C33H37N7O4/c34-20-24-19-23(1-6-29(24)44-28-8-13-40(14-9-28)32(41)33(42)10-11-33)31-35-12-7-30(37-31)36-25-2-4-26(5-3-25)38-15-17-39(18-16-38)27-21-43-22-27/h1-7,12,19,27-28,42H,8-11,13-18,21-22H2,(H,35,36,37). The quantitative estimate of drug-likeness (QED) is 0.401. The van der Waals surface area contributed by atoms with E-state index >= 15 is 0 Å². The minimum atomic E-state index is -1.14. The average Bonchev–Trinajstić information content (AvgIpc) is 3.79. The molecule has 0 unspecified atom stereocenters. The summed E-state index contributed by atoms with van der Waals surface area (Å²) >= 11 is 0. The van der Waals surface area contributed by atoms with Crippen molar-refractivity contribution in [2.24, 2.45) is 0 Å². The Hall–Kier alpha value is -4.24. The zero-order valence-corrected chi connectivity index (χ0v) is 24.7. The third kappa shape index (κ3) is 6.06. The molecular weight excluding hydrogens is 558 g/mol. The number of benzene rings is 2. The summed E-state index contributed by atoms with van der Waals surface area (Å²) in [6.07, 6.45) is 4.00. The molecule has 0 atom stereocenters. The molecule has 4 fully saturated rings. The zero-order valence-electron chi connectivity index (χ0n) is 24.7. The first kappa shape index (κ1) is 28.5. The van der Waals surface area contributed by atoms with Crippen molar-refractivity contribution in [2.75, 3.05) is 62.7 Å². The van der Waals surface area contributed by atoms with Gasteiger partial charge in [-0.25, -0.2) is 9.97 Å².